The number of allylic oxidation sites excluding steroid dienone is 1. The van der Waals surface area contributed by atoms with Crippen LogP contribution in [0.15, 0.2) is 31.4 Å². The maximum absolute atomic E-state index is 4.06. The number of hydrogen-bond donors (Lipinski definition) is 0. The second-order valence-corrected chi connectivity index (χ2v) is 3.19. The summed E-state index contributed by atoms with van der Waals surface area (Å²) >= 11 is 0. The van der Waals surface area contributed by atoms with Gasteiger partial charge in [0.1, 0.15) is 0 Å². The standard InChI is InChI=1S/C12H12/c1-3-10-5-4-6-11-8-7-9(2)12(10)11/h3-6H,1-2,7-8H2. The van der Waals surface area contributed by atoms with E-state index in [2.05, 4.69) is 31.4 Å². The molecule has 0 nitrogen and oxygen atoms in total. The zero-order valence-corrected chi connectivity index (χ0v) is 7.14. The molecular formula is C12H12. The molecule has 0 spiro atoms. The molecule has 0 fully saturated rings. The lowest BCUT2D eigenvalue weighted by Gasteiger charge is -2.03. The van der Waals surface area contributed by atoms with Gasteiger partial charge in [0.05, 0.1) is 0 Å². The van der Waals surface area contributed by atoms with E-state index in [4.69, 9.17) is 0 Å². The van der Waals surface area contributed by atoms with Crippen LogP contribution < -0.4 is 0 Å². The van der Waals surface area contributed by atoms with Gasteiger partial charge in [-0.25, -0.2) is 0 Å². The molecule has 0 amide bonds. The Balaban J connectivity index is 2.68. The lowest BCUT2D eigenvalue weighted by Crippen LogP contribution is -1.84. The van der Waals surface area contributed by atoms with Crippen LogP contribution in [-0.2, 0) is 6.42 Å². The summed E-state index contributed by atoms with van der Waals surface area (Å²) in [6.07, 6.45) is 4.17. The largest absolute Gasteiger partial charge is 0.0984 e. The van der Waals surface area contributed by atoms with Crippen molar-refractivity contribution in [2.45, 2.75) is 12.8 Å². The van der Waals surface area contributed by atoms with Gasteiger partial charge >= 0.3 is 0 Å². The number of rotatable bonds is 1. The third-order valence-electron chi connectivity index (χ3n) is 2.45. The molecule has 1 aliphatic carbocycles. The van der Waals surface area contributed by atoms with Gasteiger partial charge in [-0.05, 0) is 35.1 Å². The first-order valence-corrected chi connectivity index (χ1v) is 4.25. The predicted octanol–water partition coefficient (Wildman–Crippen LogP) is 3.29. The Morgan fingerprint density at radius 2 is 2.08 bits per heavy atom. The summed E-state index contributed by atoms with van der Waals surface area (Å²) in [4.78, 5) is 0. The van der Waals surface area contributed by atoms with Gasteiger partial charge in [0.25, 0.3) is 0 Å². The molecule has 2 rings (SSSR count). The molecule has 1 aromatic carbocycles. The Bertz CT molecular complexity index is 345. The average molecular weight is 156 g/mol. The number of hydrogen-bond acceptors (Lipinski definition) is 0. The predicted molar refractivity (Wildman–Crippen MR) is 53.9 cm³/mol. The van der Waals surface area contributed by atoms with E-state index >= 15 is 0 Å². The number of fused-ring (bicyclic) bond motifs is 1. The van der Waals surface area contributed by atoms with Gasteiger partial charge in [-0.15, -0.1) is 0 Å². The maximum Gasteiger partial charge on any atom is -0.0126 e. The maximum atomic E-state index is 4.06. The molecule has 0 bridgehead atoms. The van der Waals surface area contributed by atoms with E-state index in [1.807, 2.05) is 6.08 Å². The quantitative estimate of drug-likeness (QED) is 0.585. The van der Waals surface area contributed by atoms with E-state index in [9.17, 15) is 0 Å². The minimum atomic E-state index is 1.11. The first-order chi connectivity index (χ1) is 5.83. The lowest BCUT2D eigenvalue weighted by molar-refractivity contribution is 1.08. The second kappa shape index (κ2) is 2.63. The SMILES string of the molecule is C=Cc1cccc2c1C(=C)CC2. The smallest absolute Gasteiger partial charge is 0.0126 e. The van der Waals surface area contributed by atoms with Gasteiger partial charge < -0.3 is 0 Å². The molecule has 1 aliphatic rings. The fourth-order valence-corrected chi connectivity index (χ4v) is 1.84. The topological polar surface area (TPSA) is 0 Å². The third kappa shape index (κ3) is 0.918. The van der Waals surface area contributed by atoms with Crippen molar-refractivity contribution in [2.24, 2.45) is 0 Å². The third-order valence-corrected chi connectivity index (χ3v) is 2.45. The van der Waals surface area contributed by atoms with Crippen LogP contribution in [0.25, 0.3) is 11.6 Å². The van der Waals surface area contributed by atoms with Crippen LogP contribution in [0.2, 0.25) is 0 Å². The van der Waals surface area contributed by atoms with Crippen molar-refractivity contribution in [2.75, 3.05) is 0 Å². The summed E-state index contributed by atoms with van der Waals surface area (Å²) in [5.41, 5.74) is 5.26. The summed E-state index contributed by atoms with van der Waals surface area (Å²) < 4.78 is 0. The molecule has 0 atom stereocenters. The molecule has 0 radical (unpaired) electrons. The molecule has 60 valence electrons. The van der Waals surface area contributed by atoms with Gasteiger partial charge in [-0.1, -0.05) is 37.4 Å². The van der Waals surface area contributed by atoms with Crippen LogP contribution in [0.4, 0.5) is 0 Å². The molecule has 0 saturated heterocycles. The molecule has 0 heterocycles. The minimum absolute atomic E-state index is 1.11. The van der Waals surface area contributed by atoms with Crippen LogP contribution in [-0.4, -0.2) is 0 Å². The van der Waals surface area contributed by atoms with Crippen LogP contribution in [0.1, 0.15) is 23.1 Å². The van der Waals surface area contributed by atoms with E-state index < -0.39 is 0 Å². The summed E-state index contributed by atoms with van der Waals surface area (Å²) in [5.74, 6) is 0. The zero-order chi connectivity index (χ0) is 8.55. The van der Waals surface area contributed by atoms with Crippen molar-refractivity contribution < 1.29 is 0 Å². The fraction of sp³-hybridized carbons (Fsp3) is 0.167. The monoisotopic (exact) mass is 156 g/mol. The van der Waals surface area contributed by atoms with Crippen LogP contribution in [0.5, 0.6) is 0 Å². The van der Waals surface area contributed by atoms with Crippen molar-refractivity contribution in [1.29, 1.82) is 0 Å². The van der Waals surface area contributed by atoms with Crippen LogP contribution in [0, 0.1) is 0 Å². The highest BCUT2D eigenvalue weighted by Crippen LogP contribution is 2.33. The van der Waals surface area contributed by atoms with E-state index in [1.165, 1.54) is 22.3 Å². The summed E-state index contributed by atoms with van der Waals surface area (Å²) in [5, 5.41) is 0. The Labute approximate surface area is 73.2 Å². The highest BCUT2D eigenvalue weighted by Gasteiger charge is 2.15. The second-order valence-electron chi connectivity index (χ2n) is 3.19. The van der Waals surface area contributed by atoms with Crippen LogP contribution in [0.3, 0.4) is 0 Å². The number of aryl methyl sites for hydroxylation is 1. The molecule has 0 saturated carbocycles. The van der Waals surface area contributed by atoms with Gasteiger partial charge in [0, 0.05) is 0 Å². The van der Waals surface area contributed by atoms with Gasteiger partial charge in [0.15, 0.2) is 0 Å². The Hall–Kier alpha value is -1.30. The molecule has 12 heavy (non-hydrogen) atoms. The van der Waals surface area contributed by atoms with Gasteiger partial charge in [0.2, 0.25) is 0 Å². The molecule has 1 aromatic rings. The van der Waals surface area contributed by atoms with Crippen molar-refractivity contribution in [3.63, 3.8) is 0 Å². The summed E-state index contributed by atoms with van der Waals surface area (Å²) in [7, 11) is 0. The van der Waals surface area contributed by atoms with E-state index in [-0.39, 0.29) is 0 Å². The highest BCUT2D eigenvalue weighted by molar-refractivity contribution is 5.78. The molecule has 0 unspecified atom stereocenters. The van der Waals surface area contributed by atoms with Crippen molar-refractivity contribution in [3.05, 3.63) is 48.0 Å². The van der Waals surface area contributed by atoms with Crippen molar-refractivity contribution >= 4 is 11.6 Å². The normalized spacial score (nSPS) is 14.5. The summed E-state index contributed by atoms with van der Waals surface area (Å²) in [6, 6.07) is 6.37. The Kier molecular flexibility index (Phi) is 1.61. The van der Waals surface area contributed by atoms with E-state index in [0.29, 0.717) is 0 Å². The van der Waals surface area contributed by atoms with Crippen molar-refractivity contribution in [3.8, 4) is 0 Å². The lowest BCUT2D eigenvalue weighted by atomic mass is 10.0. The first kappa shape index (κ1) is 7.35. The zero-order valence-electron chi connectivity index (χ0n) is 7.14. The summed E-state index contributed by atoms with van der Waals surface area (Å²) in [6.45, 7) is 7.86. The minimum Gasteiger partial charge on any atom is -0.0984 e. The molecule has 0 heteroatoms. The van der Waals surface area contributed by atoms with Crippen LogP contribution >= 0.6 is 0 Å². The van der Waals surface area contributed by atoms with E-state index in [0.717, 1.165) is 12.8 Å². The van der Waals surface area contributed by atoms with Crippen molar-refractivity contribution in [1.82, 2.24) is 0 Å². The molecule has 0 aromatic heterocycles. The fourth-order valence-electron chi connectivity index (χ4n) is 1.84. The first-order valence-electron chi connectivity index (χ1n) is 4.25. The Morgan fingerprint density at radius 3 is 2.83 bits per heavy atom. The number of benzene rings is 1. The molecular weight excluding hydrogens is 144 g/mol. The molecule has 0 N–H and O–H groups in total. The molecule has 0 aliphatic heterocycles. The Morgan fingerprint density at radius 1 is 1.25 bits per heavy atom. The van der Waals surface area contributed by atoms with E-state index in [1.54, 1.807) is 0 Å². The van der Waals surface area contributed by atoms with Gasteiger partial charge in [-0.3, -0.25) is 0 Å². The average Bonchev–Trinajstić information content (AvgIpc) is 2.48. The highest BCUT2D eigenvalue weighted by atomic mass is 14.2. The van der Waals surface area contributed by atoms with Gasteiger partial charge in [-0.2, -0.15) is 0 Å².